The van der Waals surface area contributed by atoms with Crippen LogP contribution in [-0.4, -0.2) is 18.6 Å². The van der Waals surface area contributed by atoms with Crippen molar-refractivity contribution in [2.24, 2.45) is 11.7 Å². The summed E-state index contributed by atoms with van der Waals surface area (Å²) >= 11 is 0. The first-order valence-corrected chi connectivity index (χ1v) is 6.85. The lowest BCUT2D eigenvalue weighted by molar-refractivity contribution is 0.261. The molecule has 0 aromatic carbocycles. The van der Waals surface area contributed by atoms with Crippen molar-refractivity contribution >= 4 is 0 Å². The predicted octanol–water partition coefficient (Wildman–Crippen LogP) is 2.43. The highest BCUT2D eigenvalue weighted by molar-refractivity contribution is 4.82. The van der Waals surface area contributed by atoms with Gasteiger partial charge in [0.15, 0.2) is 0 Å². The van der Waals surface area contributed by atoms with Crippen LogP contribution >= 0.6 is 0 Å². The fourth-order valence-corrected chi connectivity index (χ4v) is 3.21. The zero-order valence-electron chi connectivity index (χ0n) is 9.88. The fourth-order valence-electron chi connectivity index (χ4n) is 3.21. The van der Waals surface area contributed by atoms with E-state index in [1.807, 2.05) is 0 Å². The lowest BCUT2D eigenvalue weighted by atomic mass is 9.81. The van der Waals surface area contributed by atoms with Gasteiger partial charge >= 0.3 is 0 Å². The standard InChI is InChI=1S/C13H26N2/c14-13(11-6-2-1-3-7-11)10-12-8-4-5-9-15-12/h11-13,15H,1-10,14H2. The summed E-state index contributed by atoms with van der Waals surface area (Å²) in [4.78, 5) is 0. The highest BCUT2D eigenvalue weighted by Crippen LogP contribution is 2.28. The summed E-state index contributed by atoms with van der Waals surface area (Å²) in [6.45, 7) is 1.21. The molecule has 1 aliphatic heterocycles. The molecule has 2 atom stereocenters. The van der Waals surface area contributed by atoms with Gasteiger partial charge in [-0.3, -0.25) is 0 Å². The molecule has 3 N–H and O–H groups in total. The monoisotopic (exact) mass is 210 g/mol. The Bertz CT molecular complexity index is 169. The smallest absolute Gasteiger partial charge is 0.00819 e. The third-order valence-corrected chi connectivity index (χ3v) is 4.22. The van der Waals surface area contributed by atoms with Gasteiger partial charge in [-0.05, 0) is 44.6 Å². The lowest BCUT2D eigenvalue weighted by Crippen LogP contribution is -2.42. The van der Waals surface area contributed by atoms with Gasteiger partial charge in [0.1, 0.15) is 0 Å². The molecule has 2 aliphatic rings. The maximum atomic E-state index is 6.34. The van der Waals surface area contributed by atoms with E-state index in [0.717, 1.165) is 12.0 Å². The SMILES string of the molecule is NC(CC1CCCCN1)C1CCCCC1. The second kappa shape index (κ2) is 5.86. The van der Waals surface area contributed by atoms with E-state index in [2.05, 4.69) is 5.32 Å². The molecule has 2 unspecified atom stereocenters. The molecule has 1 saturated carbocycles. The van der Waals surface area contributed by atoms with Gasteiger partial charge in [-0.2, -0.15) is 0 Å². The van der Waals surface area contributed by atoms with Gasteiger partial charge in [-0.25, -0.2) is 0 Å². The van der Waals surface area contributed by atoms with Crippen molar-refractivity contribution in [2.45, 2.75) is 69.9 Å². The zero-order chi connectivity index (χ0) is 10.5. The van der Waals surface area contributed by atoms with E-state index in [-0.39, 0.29) is 0 Å². The molecule has 2 nitrogen and oxygen atoms in total. The van der Waals surface area contributed by atoms with Crippen molar-refractivity contribution in [3.63, 3.8) is 0 Å². The minimum atomic E-state index is 0.459. The molecule has 0 spiro atoms. The molecule has 0 aromatic rings. The van der Waals surface area contributed by atoms with Gasteiger partial charge in [0.2, 0.25) is 0 Å². The van der Waals surface area contributed by atoms with E-state index in [0.29, 0.717) is 6.04 Å². The number of rotatable bonds is 3. The lowest BCUT2D eigenvalue weighted by Gasteiger charge is -2.32. The summed E-state index contributed by atoms with van der Waals surface area (Å²) in [6.07, 6.45) is 12.3. The van der Waals surface area contributed by atoms with Crippen LogP contribution < -0.4 is 11.1 Å². The molecule has 2 rings (SSSR count). The summed E-state index contributed by atoms with van der Waals surface area (Å²) in [6, 6.07) is 1.18. The first kappa shape index (κ1) is 11.4. The van der Waals surface area contributed by atoms with Crippen molar-refractivity contribution in [3.05, 3.63) is 0 Å². The Morgan fingerprint density at radius 2 is 1.73 bits per heavy atom. The minimum Gasteiger partial charge on any atom is -0.327 e. The predicted molar refractivity (Wildman–Crippen MR) is 64.8 cm³/mol. The van der Waals surface area contributed by atoms with E-state index in [1.54, 1.807) is 0 Å². The van der Waals surface area contributed by atoms with E-state index >= 15 is 0 Å². The van der Waals surface area contributed by atoms with Crippen molar-refractivity contribution in [1.29, 1.82) is 0 Å². The average molecular weight is 210 g/mol. The summed E-state index contributed by atoms with van der Waals surface area (Å²) < 4.78 is 0. The van der Waals surface area contributed by atoms with Crippen molar-refractivity contribution in [1.82, 2.24) is 5.32 Å². The Hall–Kier alpha value is -0.0800. The summed E-state index contributed by atoms with van der Waals surface area (Å²) in [5, 5.41) is 3.61. The van der Waals surface area contributed by atoms with Crippen LogP contribution in [0, 0.1) is 5.92 Å². The second-order valence-electron chi connectivity index (χ2n) is 5.44. The van der Waals surface area contributed by atoms with Crippen LogP contribution in [0.25, 0.3) is 0 Å². The molecule has 2 fully saturated rings. The Morgan fingerprint density at radius 1 is 1.00 bits per heavy atom. The molecule has 0 radical (unpaired) electrons. The zero-order valence-corrected chi connectivity index (χ0v) is 9.88. The second-order valence-corrected chi connectivity index (χ2v) is 5.44. The topological polar surface area (TPSA) is 38.0 Å². The summed E-state index contributed by atoms with van der Waals surface area (Å²) in [5.74, 6) is 0.822. The van der Waals surface area contributed by atoms with Crippen LogP contribution in [-0.2, 0) is 0 Å². The molecule has 0 amide bonds. The quantitative estimate of drug-likeness (QED) is 0.751. The van der Waals surface area contributed by atoms with Gasteiger partial charge < -0.3 is 11.1 Å². The number of piperidine rings is 1. The molecule has 1 aliphatic carbocycles. The van der Waals surface area contributed by atoms with Crippen LogP contribution in [0.2, 0.25) is 0 Å². The first-order valence-electron chi connectivity index (χ1n) is 6.85. The van der Waals surface area contributed by atoms with Crippen molar-refractivity contribution < 1.29 is 0 Å². The van der Waals surface area contributed by atoms with Crippen LogP contribution in [0.5, 0.6) is 0 Å². The molecule has 88 valence electrons. The first-order chi connectivity index (χ1) is 7.36. The Balaban J connectivity index is 1.72. The maximum absolute atomic E-state index is 6.34. The van der Waals surface area contributed by atoms with Crippen molar-refractivity contribution in [2.75, 3.05) is 6.54 Å². The highest BCUT2D eigenvalue weighted by Gasteiger charge is 2.23. The van der Waals surface area contributed by atoms with E-state index in [9.17, 15) is 0 Å². The molecule has 0 aromatic heterocycles. The van der Waals surface area contributed by atoms with Gasteiger partial charge in [-0.15, -0.1) is 0 Å². The highest BCUT2D eigenvalue weighted by atomic mass is 14.9. The van der Waals surface area contributed by atoms with Crippen LogP contribution in [0.1, 0.15) is 57.8 Å². The number of hydrogen-bond acceptors (Lipinski definition) is 2. The van der Waals surface area contributed by atoms with E-state index in [4.69, 9.17) is 5.73 Å². The number of hydrogen-bond donors (Lipinski definition) is 2. The van der Waals surface area contributed by atoms with Crippen molar-refractivity contribution in [3.8, 4) is 0 Å². The fraction of sp³-hybridized carbons (Fsp3) is 1.00. The largest absolute Gasteiger partial charge is 0.327 e. The van der Waals surface area contributed by atoms with Crippen LogP contribution in [0.3, 0.4) is 0 Å². The Kier molecular flexibility index (Phi) is 4.45. The summed E-state index contributed by atoms with van der Waals surface area (Å²) in [7, 11) is 0. The minimum absolute atomic E-state index is 0.459. The molecule has 1 heterocycles. The Labute approximate surface area is 94.0 Å². The van der Waals surface area contributed by atoms with Crippen LogP contribution in [0.15, 0.2) is 0 Å². The summed E-state index contributed by atoms with van der Waals surface area (Å²) in [5.41, 5.74) is 6.34. The maximum Gasteiger partial charge on any atom is 0.00819 e. The normalized spacial score (nSPS) is 31.4. The van der Waals surface area contributed by atoms with Gasteiger partial charge in [0, 0.05) is 12.1 Å². The van der Waals surface area contributed by atoms with Gasteiger partial charge in [-0.1, -0.05) is 25.7 Å². The number of nitrogens with two attached hydrogens (primary N) is 1. The molecule has 2 heteroatoms. The third kappa shape index (κ3) is 3.46. The van der Waals surface area contributed by atoms with E-state index in [1.165, 1.54) is 64.3 Å². The van der Waals surface area contributed by atoms with Crippen LogP contribution in [0.4, 0.5) is 0 Å². The molecule has 1 saturated heterocycles. The average Bonchev–Trinajstić information content (AvgIpc) is 2.31. The molecular formula is C13H26N2. The molecule has 15 heavy (non-hydrogen) atoms. The Morgan fingerprint density at radius 3 is 2.40 bits per heavy atom. The van der Waals surface area contributed by atoms with E-state index < -0.39 is 0 Å². The molecule has 0 bridgehead atoms. The molecular weight excluding hydrogens is 184 g/mol. The third-order valence-electron chi connectivity index (χ3n) is 4.22. The van der Waals surface area contributed by atoms with Gasteiger partial charge in [0.05, 0.1) is 0 Å². The number of nitrogens with one attached hydrogen (secondary N) is 1. The van der Waals surface area contributed by atoms with Gasteiger partial charge in [0.25, 0.3) is 0 Å².